The second kappa shape index (κ2) is 8.67. The van der Waals surface area contributed by atoms with Crippen molar-refractivity contribution in [1.29, 1.82) is 0 Å². The molecule has 0 amide bonds. The van der Waals surface area contributed by atoms with Crippen LogP contribution in [0.2, 0.25) is 5.02 Å². The summed E-state index contributed by atoms with van der Waals surface area (Å²) in [6.45, 7) is 6.09. The van der Waals surface area contributed by atoms with Gasteiger partial charge in [-0.3, -0.25) is 9.36 Å². The van der Waals surface area contributed by atoms with E-state index in [2.05, 4.69) is 6.92 Å². The van der Waals surface area contributed by atoms with E-state index in [1.54, 1.807) is 29.2 Å². The molecule has 1 atom stereocenters. The number of esters is 1. The van der Waals surface area contributed by atoms with Crippen LogP contribution < -0.4 is 5.56 Å². The zero-order valence-electron chi connectivity index (χ0n) is 18.6. The van der Waals surface area contributed by atoms with E-state index < -0.39 is 5.97 Å². The van der Waals surface area contributed by atoms with Gasteiger partial charge < -0.3 is 9.30 Å². The molecule has 0 aliphatic carbocycles. The summed E-state index contributed by atoms with van der Waals surface area (Å²) in [7, 11) is 1.73. The van der Waals surface area contributed by atoms with E-state index in [4.69, 9.17) is 16.3 Å². The lowest BCUT2D eigenvalue weighted by Crippen LogP contribution is -2.21. The fourth-order valence-electron chi connectivity index (χ4n) is 4.04. The smallest absolute Gasteiger partial charge is 0.355 e. The van der Waals surface area contributed by atoms with Crippen LogP contribution in [0, 0.1) is 6.92 Å². The Balaban J connectivity index is 2.04. The topological polar surface area (TPSA) is 53.2 Å². The molecule has 5 nitrogen and oxygen atoms in total. The van der Waals surface area contributed by atoms with Crippen LogP contribution in [-0.2, 0) is 11.8 Å². The van der Waals surface area contributed by atoms with E-state index >= 15 is 0 Å². The first-order valence-corrected chi connectivity index (χ1v) is 10.9. The van der Waals surface area contributed by atoms with Crippen molar-refractivity contribution in [2.24, 2.45) is 7.05 Å². The maximum atomic E-state index is 13.3. The molecule has 4 aromatic rings. The van der Waals surface area contributed by atoms with Gasteiger partial charge in [-0.15, -0.1) is 0 Å². The predicted octanol–water partition coefficient (Wildman–Crippen LogP) is 5.62. The van der Waals surface area contributed by atoms with Gasteiger partial charge >= 0.3 is 5.97 Å². The van der Waals surface area contributed by atoms with Crippen LogP contribution in [0.5, 0.6) is 0 Å². The Hall–Kier alpha value is -3.31. The quantitative estimate of drug-likeness (QED) is 0.372. The third kappa shape index (κ3) is 3.84. The molecule has 2 aromatic carbocycles. The average molecular weight is 449 g/mol. The van der Waals surface area contributed by atoms with Crippen LogP contribution in [0.3, 0.4) is 0 Å². The predicted molar refractivity (Wildman–Crippen MR) is 128 cm³/mol. The van der Waals surface area contributed by atoms with Gasteiger partial charge in [0.1, 0.15) is 11.2 Å². The van der Waals surface area contributed by atoms with Crippen LogP contribution >= 0.6 is 11.6 Å². The van der Waals surface area contributed by atoms with E-state index in [-0.39, 0.29) is 18.1 Å². The highest BCUT2D eigenvalue weighted by atomic mass is 35.5. The van der Waals surface area contributed by atoms with E-state index in [9.17, 15) is 9.59 Å². The van der Waals surface area contributed by atoms with E-state index in [1.807, 2.05) is 61.7 Å². The minimum atomic E-state index is -0.462. The fraction of sp³-hybridized carbons (Fsp3) is 0.231. The summed E-state index contributed by atoms with van der Waals surface area (Å²) >= 11 is 6.07. The summed E-state index contributed by atoms with van der Waals surface area (Å²) in [6, 6.07) is 17.2. The Labute approximate surface area is 191 Å². The largest absolute Gasteiger partial charge is 0.461 e. The molecule has 0 fully saturated rings. The van der Waals surface area contributed by atoms with E-state index in [0.717, 1.165) is 27.8 Å². The van der Waals surface area contributed by atoms with Gasteiger partial charge in [0.2, 0.25) is 0 Å². The molecule has 6 heteroatoms. The summed E-state index contributed by atoms with van der Waals surface area (Å²) in [4.78, 5) is 26.2. The molecule has 164 valence electrons. The molecule has 4 rings (SSSR count). The average Bonchev–Trinajstić information content (AvgIpc) is 3.18. The van der Waals surface area contributed by atoms with Crippen molar-refractivity contribution in [3.8, 4) is 5.69 Å². The number of fused-ring (bicyclic) bond motifs is 1. The third-order valence-corrected chi connectivity index (χ3v) is 6.03. The minimum absolute atomic E-state index is 0.0227. The Kier molecular flexibility index (Phi) is 5.94. The van der Waals surface area contributed by atoms with Crippen molar-refractivity contribution >= 4 is 28.5 Å². The lowest BCUT2D eigenvalue weighted by molar-refractivity contribution is 0.0517. The van der Waals surface area contributed by atoms with Crippen LogP contribution in [-0.4, -0.2) is 21.7 Å². The molecule has 32 heavy (non-hydrogen) atoms. The van der Waals surface area contributed by atoms with Crippen LogP contribution in [0.25, 0.3) is 16.6 Å². The molecule has 0 saturated carbocycles. The summed E-state index contributed by atoms with van der Waals surface area (Å²) in [5.74, 6) is -0.484. The standard InChI is InChI=1S/C26H25ClN2O3/c1-5-32-26(31)23-14-21-22(17(3)18-8-10-19(27)11-9-18)15-28(4)25(30)24(21)29(23)20-12-6-16(2)7-13-20/h6-15,17H,5H2,1-4H3. The molecule has 0 spiro atoms. The normalized spacial score (nSPS) is 12.2. The Morgan fingerprint density at radius 2 is 1.75 bits per heavy atom. The van der Waals surface area contributed by atoms with Gasteiger partial charge in [0.05, 0.1) is 6.61 Å². The number of nitrogens with zero attached hydrogens (tertiary/aromatic N) is 2. The molecule has 2 aromatic heterocycles. The maximum Gasteiger partial charge on any atom is 0.355 e. The number of halogens is 1. The number of ether oxygens (including phenoxy) is 1. The molecule has 0 aliphatic rings. The summed E-state index contributed by atoms with van der Waals surface area (Å²) in [5.41, 5.74) is 4.45. The first-order valence-electron chi connectivity index (χ1n) is 10.6. The lowest BCUT2D eigenvalue weighted by Gasteiger charge is -2.16. The zero-order chi connectivity index (χ0) is 23.0. The first-order chi connectivity index (χ1) is 15.3. The van der Waals surface area contributed by atoms with Crippen molar-refractivity contribution < 1.29 is 9.53 Å². The van der Waals surface area contributed by atoms with Gasteiger partial charge in [-0.2, -0.15) is 0 Å². The zero-order valence-corrected chi connectivity index (χ0v) is 19.3. The maximum absolute atomic E-state index is 13.3. The Morgan fingerprint density at radius 3 is 2.38 bits per heavy atom. The number of hydrogen-bond acceptors (Lipinski definition) is 3. The van der Waals surface area contributed by atoms with Crippen molar-refractivity contribution in [2.45, 2.75) is 26.7 Å². The van der Waals surface area contributed by atoms with Crippen LogP contribution in [0.15, 0.2) is 65.6 Å². The number of benzene rings is 2. The molecule has 0 aliphatic heterocycles. The summed E-state index contributed by atoms with van der Waals surface area (Å²) < 4.78 is 8.62. The highest BCUT2D eigenvalue weighted by Crippen LogP contribution is 2.33. The Morgan fingerprint density at radius 1 is 1.09 bits per heavy atom. The van der Waals surface area contributed by atoms with Gasteiger partial charge in [0, 0.05) is 35.3 Å². The van der Waals surface area contributed by atoms with Crippen LogP contribution in [0.4, 0.5) is 0 Å². The van der Waals surface area contributed by atoms with Gasteiger partial charge in [0.15, 0.2) is 0 Å². The highest BCUT2D eigenvalue weighted by Gasteiger charge is 2.24. The second-order valence-corrected chi connectivity index (χ2v) is 8.39. The first kappa shape index (κ1) is 21.9. The highest BCUT2D eigenvalue weighted by molar-refractivity contribution is 6.30. The monoisotopic (exact) mass is 448 g/mol. The molecule has 0 saturated heterocycles. The molecule has 0 bridgehead atoms. The number of aromatic nitrogens is 2. The summed E-state index contributed by atoms with van der Waals surface area (Å²) in [5, 5.41) is 1.40. The minimum Gasteiger partial charge on any atom is -0.461 e. The Bertz CT molecular complexity index is 1350. The molecular formula is C26H25ClN2O3. The van der Waals surface area contributed by atoms with Gasteiger partial charge in [-0.05, 0) is 55.3 Å². The van der Waals surface area contributed by atoms with E-state index in [0.29, 0.717) is 16.2 Å². The number of hydrogen-bond donors (Lipinski definition) is 0. The van der Waals surface area contributed by atoms with Crippen LogP contribution in [0.1, 0.15) is 46.9 Å². The molecule has 0 N–H and O–H groups in total. The molecule has 1 unspecified atom stereocenters. The summed E-state index contributed by atoms with van der Waals surface area (Å²) in [6.07, 6.45) is 1.85. The fourth-order valence-corrected chi connectivity index (χ4v) is 4.16. The van der Waals surface area contributed by atoms with Gasteiger partial charge in [-0.1, -0.05) is 48.4 Å². The number of carbonyl (C=O) groups is 1. The van der Waals surface area contributed by atoms with E-state index in [1.165, 1.54) is 0 Å². The lowest BCUT2D eigenvalue weighted by atomic mass is 9.92. The molecule has 2 heterocycles. The van der Waals surface area contributed by atoms with Crippen molar-refractivity contribution in [3.63, 3.8) is 0 Å². The molecular weight excluding hydrogens is 424 g/mol. The van der Waals surface area contributed by atoms with Gasteiger partial charge in [-0.25, -0.2) is 4.79 Å². The number of aryl methyl sites for hydroxylation is 2. The molecule has 0 radical (unpaired) electrons. The van der Waals surface area contributed by atoms with Crippen molar-refractivity contribution in [3.05, 3.63) is 98.6 Å². The number of pyridine rings is 1. The number of rotatable bonds is 5. The second-order valence-electron chi connectivity index (χ2n) is 7.96. The SMILES string of the molecule is CCOC(=O)c1cc2c(C(C)c3ccc(Cl)cc3)cn(C)c(=O)c2n1-c1ccc(C)cc1. The third-order valence-electron chi connectivity index (χ3n) is 5.78. The number of carbonyl (C=O) groups excluding carboxylic acids is 1. The van der Waals surface area contributed by atoms with Gasteiger partial charge in [0.25, 0.3) is 5.56 Å². The van der Waals surface area contributed by atoms with Crippen molar-refractivity contribution in [1.82, 2.24) is 9.13 Å². The van der Waals surface area contributed by atoms with Crippen molar-refractivity contribution in [2.75, 3.05) is 6.61 Å².